The number of hydrogen-bond donors (Lipinski definition) is 1. The van der Waals surface area contributed by atoms with Crippen LogP contribution in [0.3, 0.4) is 0 Å². The molecule has 0 aliphatic carbocycles. The second kappa shape index (κ2) is 6.61. The highest BCUT2D eigenvalue weighted by molar-refractivity contribution is 5.19. The van der Waals surface area contributed by atoms with Gasteiger partial charge in [-0.15, -0.1) is 0 Å². The third kappa shape index (κ3) is 4.75. The minimum absolute atomic E-state index is 0.105. The van der Waals surface area contributed by atoms with Crippen molar-refractivity contribution in [3.05, 3.63) is 35.1 Å². The molecule has 0 bridgehead atoms. The molecule has 0 aliphatic rings. The first-order valence-corrected chi connectivity index (χ1v) is 5.46. The Kier molecular flexibility index (Phi) is 5.44. The van der Waals surface area contributed by atoms with Crippen LogP contribution in [-0.2, 0) is 11.3 Å². The van der Waals surface area contributed by atoms with Crippen molar-refractivity contribution < 1.29 is 17.9 Å². The molecule has 0 saturated heterocycles. The number of hydrogen-bond acceptors (Lipinski definition) is 2. The Balaban J connectivity index is 2.39. The van der Waals surface area contributed by atoms with Crippen molar-refractivity contribution in [1.29, 1.82) is 0 Å². The minimum atomic E-state index is -1.17. The molecule has 1 aromatic rings. The second-order valence-electron chi connectivity index (χ2n) is 3.95. The Hall–Kier alpha value is -1.07. The van der Waals surface area contributed by atoms with Gasteiger partial charge in [0.25, 0.3) is 0 Å². The molecule has 1 N–H and O–H groups in total. The van der Waals surface area contributed by atoms with E-state index in [1.54, 1.807) is 0 Å². The van der Waals surface area contributed by atoms with Crippen LogP contribution in [0.5, 0.6) is 0 Å². The van der Waals surface area contributed by atoms with E-state index in [1.807, 2.05) is 13.8 Å². The molecule has 0 heterocycles. The largest absolute Gasteiger partial charge is 0.377 e. The quantitative estimate of drug-likeness (QED) is 0.616. The van der Waals surface area contributed by atoms with Gasteiger partial charge in [-0.3, -0.25) is 0 Å². The van der Waals surface area contributed by atoms with Crippen molar-refractivity contribution in [1.82, 2.24) is 5.32 Å². The van der Waals surface area contributed by atoms with Crippen LogP contribution in [0.1, 0.15) is 19.4 Å². The topological polar surface area (TPSA) is 21.3 Å². The molecular weight excluding hydrogens is 231 g/mol. The van der Waals surface area contributed by atoms with Crippen molar-refractivity contribution >= 4 is 0 Å². The van der Waals surface area contributed by atoms with E-state index in [0.717, 1.165) is 6.07 Å². The third-order valence-electron chi connectivity index (χ3n) is 2.13. The lowest BCUT2D eigenvalue weighted by Gasteiger charge is -2.09. The van der Waals surface area contributed by atoms with Gasteiger partial charge in [-0.1, -0.05) is 0 Å². The number of ether oxygens (including phenoxy) is 1. The minimum Gasteiger partial charge on any atom is -0.377 e. The van der Waals surface area contributed by atoms with Gasteiger partial charge in [-0.25, -0.2) is 13.2 Å². The molecule has 5 heteroatoms. The zero-order valence-electron chi connectivity index (χ0n) is 9.90. The molecule has 0 atom stereocenters. The summed E-state index contributed by atoms with van der Waals surface area (Å²) in [5.74, 6) is -2.96. The van der Waals surface area contributed by atoms with Crippen LogP contribution in [0, 0.1) is 17.5 Å². The Morgan fingerprint density at radius 1 is 1.12 bits per heavy atom. The summed E-state index contributed by atoms with van der Waals surface area (Å²) in [6.07, 6.45) is 0.136. The Morgan fingerprint density at radius 2 is 1.76 bits per heavy atom. The van der Waals surface area contributed by atoms with Crippen LogP contribution in [0.25, 0.3) is 0 Å². The van der Waals surface area contributed by atoms with Gasteiger partial charge in [0, 0.05) is 24.7 Å². The average molecular weight is 247 g/mol. The SMILES string of the molecule is CC(C)OCCNCc1cc(F)c(F)cc1F. The van der Waals surface area contributed by atoms with Gasteiger partial charge in [-0.2, -0.15) is 0 Å². The summed E-state index contributed by atoms with van der Waals surface area (Å²) < 4.78 is 43.9. The molecule has 1 aromatic carbocycles. The van der Waals surface area contributed by atoms with Crippen molar-refractivity contribution in [2.24, 2.45) is 0 Å². The summed E-state index contributed by atoms with van der Waals surface area (Å²) >= 11 is 0. The molecule has 0 radical (unpaired) electrons. The highest BCUT2D eigenvalue weighted by atomic mass is 19.2. The number of benzene rings is 1. The van der Waals surface area contributed by atoms with E-state index in [1.165, 1.54) is 0 Å². The normalized spacial score (nSPS) is 11.2. The first kappa shape index (κ1) is 14.0. The monoisotopic (exact) mass is 247 g/mol. The van der Waals surface area contributed by atoms with E-state index in [2.05, 4.69) is 5.32 Å². The molecule has 1 rings (SSSR count). The summed E-state index contributed by atoms with van der Waals surface area (Å²) in [5.41, 5.74) is 0.105. The van der Waals surface area contributed by atoms with Crippen molar-refractivity contribution in [2.75, 3.05) is 13.2 Å². The summed E-state index contributed by atoms with van der Waals surface area (Å²) in [5, 5.41) is 2.89. The molecule has 0 amide bonds. The molecule has 0 saturated carbocycles. The maximum absolute atomic E-state index is 13.2. The second-order valence-corrected chi connectivity index (χ2v) is 3.95. The Labute approximate surface area is 98.8 Å². The molecule has 0 spiro atoms. The van der Waals surface area contributed by atoms with Gasteiger partial charge in [0.2, 0.25) is 0 Å². The predicted octanol–water partition coefficient (Wildman–Crippen LogP) is 2.62. The standard InChI is InChI=1S/C12H16F3NO/c1-8(2)17-4-3-16-7-9-5-11(14)12(15)6-10(9)13/h5-6,8,16H,3-4,7H2,1-2H3. The van der Waals surface area contributed by atoms with E-state index < -0.39 is 17.5 Å². The number of halogens is 3. The molecule has 2 nitrogen and oxygen atoms in total. The Morgan fingerprint density at radius 3 is 2.41 bits per heavy atom. The van der Waals surface area contributed by atoms with Crippen LogP contribution in [-0.4, -0.2) is 19.3 Å². The van der Waals surface area contributed by atoms with Gasteiger partial charge in [0.05, 0.1) is 12.7 Å². The molecular formula is C12H16F3NO. The van der Waals surface area contributed by atoms with Gasteiger partial charge in [0.15, 0.2) is 11.6 Å². The van der Waals surface area contributed by atoms with Gasteiger partial charge in [0.1, 0.15) is 5.82 Å². The van der Waals surface area contributed by atoms with Crippen molar-refractivity contribution in [3.63, 3.8) is 0 Å². The summed E-state index contributed by atoms with van der Waals surface area (Å²) in [6.45, 7) is 4.98. The molecule has 0 aliphatic heterocycles. The maximum atomic E-state index is 13.2. The highest BCUT2D eigenvalue weighted by Crippen LogP contribution is 2.13. The average Bonchev–Trinajstić information content (AvgIpc) is 2.24. The molecule has 17 heavy (non-hydrogen) atoms. The zero-order chi connectivity index (χ0) is 12.8. The van der Waals surface area contributed by atoms with E-state index in [0.29, 0.717) is 19.2 Å². The van der Waals surface area contributed by atoms with Gasteiger partial charge < -0.3 is 10.1 Å². The first-order chi connectivity index (χ1) is 8.00. The molecule has 0 aromatic heterocycles. The smallest absolute Gasteiger partial charge is 0.161 e. The third-order valence-corrected chi connectivity index (χ3v) is 2.13. The molecule has 0 fully saturated rings. The number of rotatable bonds is 6. The lowest BCUT2D eigenvalue weighted by atomic mass is 10.2. The van der Waals surface area contributed by atoms with E-state index in [9.17, 15) is 13.2 Å². The van der Waals surface area contributed by atoms with Crippen molar-refractivity contribution in [2.45, 2.75) is 26.5 Å². The van der Waals surface area contributed by atoms with Crippen LogP contribution in [0.4, 0.5) is 13.2 Å². The van der Waals surface area contributed by atoms with Gasteiger partial charge in [-0.05, 0) is 19.9 Å². The van der Waals surface area contributed by atoms with Crippen molar-refractivity contribution in [3.8, 4) is 0 Å². The fraction of sp³-hybridized carbons (Fsp3) is 0.500. The fourth-order valence-electron chi connectivity index (χ4n) is 1.29. The first-order valence-electron chi connectivity index (χ1n) is 5.46. The fourth-order valence-corrected chi connectivity index (χ4v) is 1.29. The number of nitrogens with one attached hydrogen (secondary N) is 1. The van der Waals surface area contributed by atoms with Crippen LogP contribution in [0.15, 0.2) is 12.1 Å². The molecule has 96 valence electrons. The summed E-state index contributed by atoms with van der Waals surface area (Å²) in [4.78, 5) is 0. The maximum Gasteiger partial charge on any atom is 0.161 e. The van der Waals surface area contributed by atoms with Crippen LogP contribution < -0.4 is 5.32 Å². The van der Waals surface area contributed by atoms with Gasteiger partial charge >= 0.3 is 0 Å². The zero-order valence-corrected chi connectivity index (χ0v) is 9.90. The van der Waals surface area contributed by atoms with E-state index >= 15 is 0 Å². The van der Waals surface area contributed by atoms with E-state index in [-0.39, 0.29) is 18.2 Å². The summed E-state index contributed by atoms with van der Waals surface area (Å²) in [7, 11) is 0. The lowest BCUT2D eigenvalue weighted by Crippen LogP contribution is -2.21. The summed E-state index contributed by atoms with van der Waals surface area (Å²) in [6, 6.07) is 1.41. The Bertz CT molecular complexity index is 369. The lowest BCUT2D eigenvalue weighted by molar-refractivity contribution is 0.0806. The molecule has 0 unspecified atom stereocenters. The van der Waals surface area contributed by atoms with Crippen LogP contribution in [0.2, 0.25) is 0 Å². The van der Waals surface area contributed by atoms with E-state index in [4.69, 9.17) is 4.74 Å². The predicted molar refractivity (Wildman–Crippen MR) is 59.1 cm³/mol. The highest BCUT2D eigenvalue weighted by Gasteiger charge is 2.09. The van der Waals surface area contributed by atoms with Crippen LogP contribution >= 0.6 is 0 Å².